The summed E-state index contributed by atoms with van der Waals surface area (Å²) in [6.07, 6.45) is 0. The molecule has 202 valence electrons. The number of hydrogen-bond donors (Lipinski definition) is 0. The molecular weight excluding hydrogens is 566 g/mol. The summed E-state index contributed by atoms with van der Waals surface area (Å²) in [5.41, 5.74) is 8.88. The van der Waals surface area contributed by atoms with E-state index >= 15 is 0 Å². The van der Waals surface area contributed by atoms with Crippen LogP contribution >= 0.6 is 0 Å². The van der Waals surface area contributed by atoms with Crippen LogP contribution in [0, 0.1) is 34.6 Å². The van der Waals surface area contributed by atoms with Crippen LogP contribution in [0.5, 0.6) is 17.2 Å². The van der Waals surface area contributed by atoms with Gasteiger partial charge in [-0.2, -0.15) is 0 Å². The summed E-state index contributed by atoms with van der Waals surface area (Å²) in [5, 5.41) is 2.10. The number of pyridine rings is 2. The van der Waals surface area contributed by atoms with Gasteiger partial charge in [0, 0.05) is 0 Å². The molecule has 0 N–H and O–H groups in total. The molecule has 0 saturated heterocycles. The van der Waals surface area contributed by atoms with E-state index in [0.29, 0.717) is 11.5 Å². The molecule has 0 radical (unpaired) electrons. The standard InChI is InChI=1S/C13H12O.2C11H11NO.Ga/c1-10-6-5-9-12(13(10)14)11-7-3-2-4-8-11;2*1-7-6-8(2)12-11-9(7)4-3-5-10(11)13;/h2-9,14H,1H3;2*3-6,13H,1-2H3;/q;;;+3/p-3. The molecule has 41 heavy (non-hydrogen) atoms. The molecule has 2 aromatic heterocycles. The fourth-order valence-electron chi connectivity index (χ4n) is 5.33. The first-order valence-corrected chi connectivity index (χ1v) is 16.7. The summed E-state index contributed by atoms with van der Waals surface area (Å²) in [5.74, 6) is 2.09. The van der Waals surface area contributed by atoms with Crippen molar-refractivity contribution in [3.8, 4) is 28.4 Å². The van der Waals surface area contributed by atoms with Crippen molar-refractivity contribution in [2.24, 2.45) is 0 Å². The monoisotopic (exact) mass is 596 g/mol. The van der Waals surface area contributed by atoms with Gasteiger partial charge in [-0.25, -0.2) is 0 Å². The normalized spacial score (nSPS) is 11.0. The molecule has 0 saturated carbocycles. The van der Waals surface area contributed by atoms with Crippen molar-refractivity contribution in [2.75, 3.05) is 0 Å². The molecular formula is C35H31GaN2O3. The SMILES string of the molecule is Cc1cc(C)c2cccc([O][Ga]([O]c3c(C)cccc3-c3ccccc3)[O]c3cccc4c(C)cc(C)nc34)c2n1. The molecule has 5 nitrogen and oxygen atoms in total. The summed E-state index contributed by atoms with van der Waals surface area (Å²) in [7, 11) is 0. The molecule has 0 fully saturated rings. The second-order valence-corrected chi connectivity index (χ2v) is 13.1. The molecule has 6 heteroatoms. The van der Waals surface area contributed by atoms with E-state index in [-0.39, 0.29) is 0 Å². The predicted octanol–water partition coefficient (Wildman–Crippen LogP) is 8.51. The molecule has 0 spiro atoms. The number of nitrogens with zero attached hydrogens (tertiary/aromatic N) is 2. The Hall–Kier alpha value is -4.26. The Morgan fingerprint density at radius 2 is 1.05 bits per heavy atom. The number of para-hydroxylation sites is 3. The first-order chi connectivity index (χ1) is 19.9. The predicted molar refractivity (Wildman–Crippen MR) is 167 cm³/mol. The molecule has 0 amide bonds. The van der Waals surface area contributed by atoms with Crippen LogP contribution in [0.4, 0.5) is 0 Å². The van der Waals surface area contributed by atoms with Gasteiger partial charge in [-0.3, -0.25) is 0 Å². The Balaban J connectivity index is 1.48. The Bertz CT molecular complexity index is 1800. The molecule has 0 bridgehead atoms. The van der Waals surface area contributed by atoms with Crippen LogP contribution in [0.15, 0.2) is 97.1 Å². The van der Waals surface area contributed by atoms with Crippen molar-refractivity contribution in [1.29, 1.82) is 0 Å². The molecule has 0 aliphatic carbocycles. The number of rotatable bonds is 7. The minimum atomic E-state index is -3.59. The van der Waals surface area contributed by atoms with Gasteiger partial charge in [0.1, 0.15) is 0 Å². The quantitative estimate of drug-likeness (QED) is 0.173. The topological polar surface area (TPSA) is 53.5 Å². The minimum absolute atomic E-state index is 0.662. The zero-order valence-electron chi connectivity index (χ0n) is 23.9. The summed E-state index contributed by atoms with van der Waals surface area (Å²) >= 11 is -3.59. The van der Waals surface area contributed by atoms with Crippen LogP contribution in [-0.4, -0.2) is 27.3 Å². The fourth-order valence-corrected chi connectivity index (χ4v) is 8.36. The zero-order chi connectivity index (χ0) is 28.5. The third-order valence-electron chi connectivity index (χ3n) is 7.23. The van der Waals surface area contributed by atoms with Gasteiger partial charge in [0.2, 0.25) is 0 Å². The van der Waals surface area contributed by atoms with Crippen LogP contribution in [0.1, 0.15) is 28.1 Å². The second kappa shape index (κ2) is 11.3. The molecule has 6 rings (SSSR count). The van der Waals surface area contributed by atoms with Crippen LogP contribution < -0.4 is 10.6 Å². The maximum absolute atomic E-state index is 6.84. The number of aryl methyl sites for hydroxylation is 5. The van der Waals surface area contributed by atoms with E-state index in [2.05, 4.69) is 75.4 Å². The molecule has 0 unspecified atom stereocenters. The van der Waals surface area contributed by atoms with Gasteiger partial charge in [-0.1, -0.05) is 0 Å². The van der Waals surface area contributed by atoms with Crippen LogP contribution in [-0.2, 0) is 0 Å². The first-order valence-electron chi connectivity index (χ1n) is 13.8. The van der Waals surface area contributed by atoms with E-state index in [1.807, 2.05) is 56.3 Å². The van der Waals surface area contributed by atoms with Gasteiger partial charge in [-0.15, -0.1) is 0 Å². The molecule has 6 aromatic rings. The molecule has 4 aromatic carbocycles. The number of aromatic nitrogens is 2. The van der Waals surface area contributed by atoms with E-state index in [1.54, 1.807) is 0 Å². The maximum atomic E-state index is 6.84. The fraction of sp³-hybridized carbons (Fsp3) is 0.143. The summed E-state index contributed by atoms with van der Waals surface area (Å²) in [6.45, 7) is 10.2. The Kier molecular flexibility index (Phi) is 7.43. The Morgan fingerprint density at radius 3 is 1.61 bits per heavy atom. The third kappa shape index (κ3) is 5.53. The third-order valence-corrected chi connectivity index (χ3v) is 10.0. The average Bonchev–Trinajstić information content (AvgIpc) is 2.95. The number of hydrogen-bond acceptors (Lipinski definition) is 5. The van der Waals surface area contributed by atoms with E-state index in [9.17, 15) is 0 Å². The van der Waals surface area contributed by atoms with Gasteiger partial charge in [-0.05, 0) is 0 Å². The van der Waals surface area contributed by atoms with Crippen molar-refractivity contribution >= 4 is 39.1 Å². The van der Waals surface area contributed by atoms with Crippen molar-refractivity contribution in [3.05, 3.63) is 125 Å². The summed E-state index contributed by atoms with van der Waals surface area (Å²) in [4.78, 5) is 9.68. The molecule has 0 atom stereocenters. The van der Waals surface area contributed by atoms with Crippen molar-refractivity contribution in [3.63, 3.8) is 0 Å². The van der Waals surface area contributed by atoms with E-state index in [1.165, 1.54) is 0 Å². The Morgan fingerprint density at radius 1 is 0.512 bits per heavy atom. The van der Waals surface area contributed by atoms with Crippen molar-refractivity contribution < 1.29 is 10.6 Å². The van der Waals surface area contributed by atoms with Crippen LogP contribution in [0.3, 0.4) is 0 Å². The molecule has 2 heterocycles. The van der Waals surface area contributed by atoms with Crippen LogP contribution in [0.2, 0.25) is 0 Å². The molecule has 0 aliphatic rings. The van der Waals surface area contributed by atoms with Crippen LogP contribution in [0.25, 0.3) is 32.9 Å². The van der Waals surface area contributed by atoms with E-state index in [4.69, 9.17) is 20.6 Å². The molecule has 0 aliphatic heterocycles. The van der Waals surface area contributed by atoms with Gasteiger partial charge < -0.3 is 0 Å². The van der Waals surface area contributed by atoms with Gasteiger partial charge in [0.25, 0.3) is 0 Å². The Labute approximate surface area is 247 Å². The van der Waals surface area contributed by atoms with Gasteiger partial charge in [0.15, 0.2) is 0 Å². The zero-order valence-corrected chi connectivity index (χ0v) is 26.4. The average molecular weight is 597 g/mol. The van der Waals surface area contributed by atoms with E-state index in [0.717, 1.165) is 66.8 Å². The summed E-state index contributed by atoms with van der Waals surface area (Å²) in [6, 6.07) is 32.7. The van der Waals surface area contributed by atoms with Gasteiger partial charge >= 0.3 is 248 Å². The number of fused-ring (bicyclic) bond motifs is 2. The van der Waals surface area contributed by atoms with E-state index < -0.39 is 17.3 Å². The van der Waals surface area contributed by atoms with Gasteiger partial charge in [0.05, 0.1) is 0 Å². The first kappa shape index (κ1) is 26.9. The number of benzene rings is 4. The van der Waals surface area contributed by atoms with Crippen molar-refractivity contribution in [2.45, 2.75) is 34.6 Å². The van der Waals surface area contributed by atoms with Crippen molar-refractivity contribution in [1.82, 2.24) is 9.97 Å². The summed E-state index contributed by atoms with van der Waals surface area (Å²) < 4.78 is 20.4. The second-order valence-electron chi connectivity index (χ2n) is 10.4.